The van der Waals surface area contributed by atoms with Gasteiger partial charge in [0.25, 0.3) is 5.91 Å². The van der Waals surface area contributed by atoms with Crippen LogP contribution in [0.3, 0.4) is 0 Å². The molecular formula is C20H22N2O5S. The molecule has 28 heavy (non-hydrogen) atoms. The van der Waals surface area contributed by atoms with Crippen LogP contribution in [0.5, 0.6) is 0 Å². The van der Waals surface area contributed by atoms with Gasteiger partial charge in [-0.1, -0.05) is 30.3 Å². The monoisotopic (exact) mass is 402 g/mol. The van der Waals surface area contributed by atoms with E-state index in [1.807, 2.05) is 30.3 Å². The molecule has 0 aromatic heterocycles. The van der Waals surface area contributed by atoms with Crippen LogP contribution in [-0.2, 0) is 30.8 Å². The molecule has 0 atom stereocenters. The van der Waals surface area contributed by atoms with Gasteiger partial charge in [0, 0.05) is 12.2 Å². The van der Waals surface area contributed by atoms with Gasteiger partial charge in [-0.05, 0) is 49.1 Å². The third-order valence-corrected chi connectivity index (χ3v) is 6.13. The molecule has 148 valence electrons. The number of hydrogen-bond acceptors (Lipinski definition) is 5. The Labute approximate surface area is 164 Å². The van der Waals surface area contributed by atoms with Gasteiger partial charge in [-0.25, -0.2) is 8.42 Å². The molecule has 1 amide bonds. The zero-order valence-corrected chi connectivity index (χ0v) is 16.6. The second kappa shape index (κ2) is 8.12. The maximum Gasteiger partial charge on any atom is 0.321 e. The Morgan fingerprint density at radius 1 is 1.14 bits per heavy atom. The minimum absolute atomic E-state index is 0.116. The number of sulfonamides is 1. The molecule has 1 heterocycles. The largest absolute Gasteiger partial charge is 0.455 e. The van der Waals surface area contributed by atoms with Gasteiger partial charge >= 0.3 is 5.97 Å². The number of anilines is 1. The van der Waals surface area contributed by atoms with Crippen LogP contribution in [0.4, 0.5) is 5.69 Å². The van der Waals surface area contributed by atoms with Crippen LogP contribution < -0.4 is 9.62 Å². The van der Waals surface area contributed by atoms with E-state index in [2.05, 4.69) is 4.72 Å². The fourth-order valence-corrected chi connectivity index (χ4v) is 4.39. The number of fused-ring (bicyclic) bond motifs is 1. The van der Waals surface area contributed by atoms with Crippen LogP contribution in [0.2, 0.25) is 0 Å². The van der Waals surface area contributed by atoms with Gasteiger partial charge in [-0.2, -0.15) is 4.72 Å². The molecule has 0 saturated heterocycles. The quantitative estimate of drug-likeness (QED) is 0.743. The summed E-state index contributed by atoms with van der Waals surface area (Å²) in [6, 6.07) is 12.6. The molecule has 0 spiro atoms. The standard InChI is InChI=1S/C20H22N2O5S/c1-14-7-8-15(2)18(11-14)28(25,26)21-12-20(24)27-13-19(23)22-10-9-16-5-3-4-6-17(16)22/h3-8,11,21H,9-10,12-13H2,1-2H3. The lowest BCUT2D eigenvalue weighted by Crippen LogP contribution is -2.36. The van der Waals surface area contributed by atoms with Crippen molar-refractivity contribution in [2.75, 3.05) is 24.6 Å². The second-order valence-electron chi connectivity index (χ2n) is 6.68. The van der Waals surface area contributed by atoms with Crippen molar-refractivity contribution in [3.05, 3.63) is 59.2 Å². The molecule has 1 aliphatic rings. The number of ether oxygens (including phenoxy) is 1. The summed E-state index contributed by atoms with van der Waals surface area (Å²) in [6.45, 7) is 3.03. The molecule has 2 aromatic rings. The van der Waals surface area contributed by atoms with Crippen molar-refractivity contribution in [2.45, 2.75) is 25.2 Å². The number of carbonyl (C=O) groups excluding carboxylic acids is 2. The number of rotatable bonds is 6. The lowest BCUT2D eigenvalue weighted by atomic mass is 10.2. The number of para-hydroxylation sites is 1. The number of nitrogens with zero attached hydrogens (tertiary/aromatic N) is 1. The number of benzene rings is 2. The fraction of sp³-hybridized carbons (Fsp3) is 0.300. The molecule has 7 nitrogen and oxygen atoms in total. The van der Waals surface area contributed by atoms with Crippen molar-refractivity contribution in [1.29, 1.82) is 0 Å². The first-order valence-corrected chi connectivity index (χ1v) is 10.4. The molecule has 8 heteroatoms. The third kappa shape index (κ3) is 4.40. The van der Waals surface area contributed by atoms with Crippen molar-refractivity contribution in [3.8, 4) is 0 Å². The first-order valence-electron chi connectivity index (χ1n) is 8.89. The highest BCUT2D eigenvalue weighted by Gasteiger charge is 2.25. The van der Waals surface area contributed by atoms with Gasteiger partial charge in [0.1, 0.15) is 6.54 Å². The van der Waals surface area contributed by atoms with Crippen molar-refractivity contribution >= 4 is 27.6 Å². The predicted octanol–water partition coefficient (Wildman–Crippen LogP) is 1.71. The van der Waals surface area contributed by atoms with Crippen molar-refractivity contribution in [2.24, 2.45) is 0 Å². The van der Waals surface area contributed by atoms with Gasteiger partial charge in [0.2, 0.25) is 10.0 Å². The minimum Gasteiger partial charge on any atom is -0.455 e. The molecule has 0 fully saturated rings. The average Bonchev–Trinajstić information content (AvgIpc) is 3.10. The summed E-state index contributed by atoms with van der Waals surface area (Å²) in [7, 11) is -3.85. The predicted molar refractivity (Wildman–Crippen MR) is 105 cm³/mol. The van der Waals surface area contributed by atoms with Crippen LogP contribution >= 0.6 is 0 Å². The number of carbonyl (C=O) groups is 2. The SMILES string of the molecule is Cc1ccc(C)c(S(=O)(=O)NCC(=O)OCC(=O)N2CCc3ccccc32)c1. The van der Waals surface area contributed by atoms with Gasteiger partial charge in [0.15, 0.2) is 6.61 Å². The van der Waals surface area contributed by atoms with E-state index in [0.717, 1.165) is 23.2 Å². The second-order valence-corrected chi connectivity index (χ2v) is 8.41. The Balaban J connectivity index is 1.54. The first kappa shape index (κ1) is 20.0. The molecule has 3 rings (SSSR count). The van der Waals surface area contributed by atoms with Crippen LogP contribution in [0, 0.1) is 13.8 Å². The van der Waals surface area contributed by atoms with Crippen LogP contribution in [-0.4, -0.2) is 40.0 Å². The van der Waals surface area contributed by atoms with E-state index < -0.39 is 29.1 Å². The molecule has 1 N–H and O–H groups in total. The van der Waals surface area contributed by atoms with E-state index in [0.29, 0.717) is 12.1 Å². The lowest BCUT2D eigenvalue weighted by Gasteiger charge is -2.17. The summed E-state index contributed by atoms with van der Waals surface area (Å²) in [6.07, 6.45) is 0.755. The van der Waals surface area contributed by atoms with Crippen LogP contribution in [0.15, 0.2) is 47.4 Å². The zero-order valence-electron chi connectivity index (χ0n) is 15.8. The van der Waals surface area contributed by atoms with Gasteiger partial charge in [-0.3, -0.25) is 9.59 Å². The third-order valence-electron chi connectivity index (χ3n) is 4.58. The topological polar surface area (TPSA) is 92.8 Å². The van der Waals surface area contributed by atoms with Crippen molar-refractivity contribution in [1.82, 2.24) is 4.72 Å². The number of esters is 1. The molecule has 0 radical (unpaired) electrons. The number of amides is 1. The number of aryl methyl sites for hydroxylation is 2. The average molecular weight is 402 g/mol. The van der Waals surface area contributed by atoms with Gasteiger partial charge in [-0.15, -0.1) is 0 Å². The van der Waals surface area contributed by atoms with Crippen LogP contribution in [0.1, 0.15) is 16.7 Å². The Hall–Kier alpha value is -2.71. The first-order chi connectivity index (χ1) is 13.3. The Morgan fingerprint density at radius 3 is 2.68 bits per heavy atom. The summed E-state index contributed by atoms with van der Waals surface area (Å²) in [4.78, 5) is 25.9. The highest BCUT2D eigenvalue weighted by Crippen LogP contribution is 2.27. The molecule has 0 bridgehead atoms. The Bertz CT molecular complexity index is 1020. The van der Waals surface area contributed by atoms with E-state index in [1.54, 1.807) is 24.8 Å². The zero-order chi connectivity index (χ0) is 20.3. The molecular weight excluding hydrogens is 380 g/mol. The van der Waals surface area contributed by atoms with Gasteiger partial charge < -0.3 is 9.64 Å². The van der Waals surface area contributed by atoms with Crippen LogP contribution in [0.25, 0.3) is 0 Å². The summed E-state index contributed by atoms with van der Waals surface area (Å²) in [5, 5.41) is 0. The summed E-state index contributed by atoms with van der Waals surface area (Å²) in [5.41, 5.74) is 3.27. The van der Waals surface area contributed by atoms with Crippen molar-refractivity contribution < 1.29 is 22.7 Å². The van der Waals surface area contributed by atoms with E-state index in [1.165, 1.54) is 6.07 Å². The van der Waals surface area contributed by atoms with Crippen molar-refractivity contribution in [3.63, 3.8) is 0 Å². The summed E-state index contributed by atoms with van der Waals surface area (Å²) in [5.74, 6) is -1.15. The maximum atomic E-state index is 12.4. The van der Waals surface area contributed by atoms with E-state index in [4.69, 9.17) is 4.74 Å². The summed E-state index contributed by atoms with van der Waals surface area (Å²) < 4.78 is 32.0. The molecule has 0 unspecified atom stereocenters. The molecule has 0 saturated carbocycles. The Kier molecular flexibility index (Phi) is 5.81. The molecule has 2 aromatic carbocycles. The van der Waals surface area contributed by atoms with E-state index in [-0.39, 0.29) is 10.8 Å². The fourth-order valence-electron chi connectivity index (χ4n) is 3.10. The van der Waals surface area contributed by atoms with E-state index in [9.17, 15) is 18.0 Å². The highest BCUT2D eigenvalue weighted by atomic mass is 32.2. The smallest absolute Gasteiger partial charge is 0.321 e. The van der Waals surface area contributed by atoms with Gasteiger partial charge in [0.05, 0.1) is 4.90 Å². The highest BCUT2D eigenvalue weighted by molar-refractivity contribution is 7.89. The Morgan fingerprint density at radius 2 is 1.89 bits per heavy atom. The molecule has 0 aliphatic carbocycles. The number of nitrogens with one attached hydrogen (secondary N) is 1. The van der Waals surface area contributed by atoms with E-state index >= 15 is 0 Å². The minimum atomic E-state index is -3.85. The normalized spacial score (nSPS) is 13.3. The molecule has 1 aliphatic heterocycles. The lowest BCUT2D eigenvalue weighted by molar-refractivity contribution is -0.146. The number of hydrogen-bond donors (Lipinski definition) is 1. The summed E-state index contributed by atoms with van der Waals surface area (Å²) >= 11 is 0. The maximum absolute atomic E-state index is 12.4.